The van der Waals surface area contributed by atoms with Gasteiger partial charge in [0, 0.05) is 0 Å². The number of aldehydes is 1. The maximum atomic E-state index is 9.75. The topological polar surface area (TPSA) is 83.6 Å². The van der Waals surface area contributed by atoms with Gasteiger partial charge in [0.05, 0.1) is 6.54 Å². The fraction of sp³-hybridized carbons (Fsp3) is 0.333. The Hall–Kier alpha value is -1.46. The molecule has 0 aliphatic carbocycles. The predicted octanol–water partition coefficient (Wildman–Crippen LogP) is -1.19. The van der Waals surface area contributed by atoms with Crippen LogP contribution in [0.2, 0.25) is 0 Å². The number of H-pyrrole nitrogens is 1. The molecule has 2 N–H and O–H groups in total. The smallest absolute Gasteiger partial charge is 0.263 e. The van der Waals surface area contributed by atoms with E-state index in [1.807, 2.05) is 0 Å². The highest BCUT2D eigenvalue weighted by Gasteiger charge is 1.91. The second kappa shape index (κ2) is 2.75. The highest BCUT2D eigenvalue weighted by Crippen LogP contribution is 1.85. The molecule has 0 fully saturated rings. The average molecular weight is 127 g/mol. The highest BCUT2D eigenvalue weighted by atomic mass is 16.1. The third-order valence-electron chi connectivity index (χ3n) is 0.689. The lowest BCUT2D eigenvalue weighted by Gasteiger charge is -1.87. The summed E-state index contributed by atoms with van der Waals surface area (Å²) < 4.78 is 0. The van der Waals surface area contributed by atoms with Crippen LogP contribution in [0.15, 0.2) is 0 Å². The minimum atomic E-state index is 0.208. The Morgan fingerprint density at radius 2 is 2.67 bits per heavy atom. The molecule has 9 heavy (non-hydrogen) atoms. The zero-order valence-corrected chi connectivity index (χ0v) is 4.53. The summed E-state index contributed by atoms with van der Waals surface area (Å²) in [5.74, 6) is 0.335. The van der Waals surface area contributed by atoms with Crippen LogP contribution in [0.5, 0.6) is 0 Å². The van der Waals surface area contributed by atoms with E-state index in [4.69, 9.17) is 0 Å². The van der Waals surface area contributed by atoms with Gasteiger partial charge in [-0.3, -0.25) is 0 Å². The molecule has 48 valence electrons. The number of aromatic amines is 1. The maximum absolute atomic E-state index is 9.75. The van der Waals surface area contributed by atoms with Crippen molar-refractivity contribution < 1.29 is 4.79 Å². The molecular formula is C3H5N5O. The third-order valence-corrected chi connectivity index (χ3v) is 0.689. The van der Waals surface area contributed by atoms with Crippen LogP contribution in [0, 0.1) is 0 Å². The van der Waals surface area contributed by atoms with Gasteiger partial charge in [-0.25, -0.2) is 0 Å². The van der Waals surface area contributed by atoms with Crippen molar-refractivity contribution >= 4 is 12.2 Å². The lowest BCUT2D eigenvalue weighted by molar-refractivity contribution is -0.106. The number of aromatic nitrogens is 4. The van der Waals surface area contributed by atoms with Crippen molar-refractivity contribution in [1.29, 1.82) is 0 Å². The van der Waals surface area contributed by atoms with E-state index in [-0.39, 0.29) is 6.54 Å². The van der Waals surface area contributed by atoms with E-state index < -0.39 is 0 Å². The van der Waals surface area contributed by atoms with E-state index in [0.29, 0.717) is 5.95 Å². The van der Waals surface area contributed by atoms with Gasteiger partial charge in [0.25, 0.3) is 5.95 Å². The van der Waals surface area contributed by atoms with Crippen LogP contribution in [-0.2, 0) is 4.79 Å². The minimum absolute atomic E-state index is 0.208. The van der Waals surface area contributed by atoms with Crippen LogP contribution in [0.4, 0.5) is 5.95 Å². The quantitative estimate of drug-likeness (QED) is 0.499. The number of nitrogens with one attached hydrogen (secondary N) is 2. The van der Waals surface area contributed by atoms with Crippen molar-refractivity contribution in [2.24, 2.45) is 0 Å². The SMILES string of the molecule is O=CCNc1nn[nH]n1. The summed E-state index contributed by atoms with van der Waals surface area (Å²) in [7, 11) is 0. The molecule has 6 heteroatoms. The maximum Gasteiger partial charge on any atom is 0.263 e. The summed E-state index contributed by atoms with van der Waals surface area (Å²) in [5, 5.41) is 15.2. The first kappa shape index (κ1) is 5.67. The Kier molecular flexibility index (Phi) is 1.73. The van der Waals surface area contributed by atoms with Gasteiger partial charge in [-0.15, -0.1) is 5.10 Å². The van der Waals surface area contributed by atoms with Gasteiger partial charge < -0.3 is 10.1 Å². The van der Waals surface area contributed by atoms with E-state index >= 15 is 0 Å². The van der Waals surface area contributed by atoms with Crippen LogP contribution in [0.25, 0.3) is 0 Å². The molecule has 0 aliphatic heterocycles. The molecular weight excluding hydrogens is 122 g/mol. The molecule has 1 rings (SSSR count). The van der Waals surface area contributed by atoms with E-state index in [9.17, 15) is 4.79 Å². The number of tetrazole rings is 1. The van der Waals surface area contributed by atoms with Crippen LogP contribution < -0.4 is 5.32 Å². The van der Waals surface area contributed by atoms with Crippen molar-refractivity contribution in [2.75, 3.05) is 11.9 Å². The molecule has 0 spiro atoms. The van der Waals surface area contributed by atoms with Gasteiger partial charge in [0.1, 0.15) is 6.29 Å². The summed E-state index contributed by atoms with van der Waals surface area (Å²) in [4.78, 5) is 9.75. The van der Waals surface area contributed by atoms with Gasteiger partial charge in [-0.2, -0.15) is 5.21 Å². The minimum Gasteiger partial charge on any atom is -0.345 e. The molecule has 0 unspecified atom stereocenters. The van der Waals surface area contributed by atoms with E-state index in [1.165, 1.54) is 0 Å². The number of nitrogens with zero attached hydrogens (tertiary/aromatic N) is 3. The largest absolute Gasteiger partial charge is 0.345 e. The molecule has 0 aromatic carbocycles. The first-order chi connectivity index (χ1) is 4.43. The average Bonchev–Trinajstić information content (AvgIpc) is 2.34. The van der Waals surface area contributed by atoms with Gasteiger partial charge in [-0.1, -0.05) is 5.10 Å². The monoisotopic (exact) mass is 127 g/mol. The van der Waals surface area contributed by atoms with Crippen LogP contribution in [0.1, 0.15) is 0 Å². The molecule has 1 aromatic rings. The zero-order valence-electron chi connectivity index (χ0n) is 4.53. The number of anilines is 1. The standard InChI is InChI=1S/C3H5N5O/c9-2-1-4-3-5-7-8-6-3/h2H,1H2,(H2,4,5,6,7,8). The second-order valence-electron chi connectivity index (χ2n) is 1.28. The molecule has 6 nitrogen and oxygen atoms in total. The van der Waals surface area contributed by atoms with E-state index in [2.05, 4.69) is 25.9 Å². The lowest BCUT2D eigenvalue weighted by Crippen LogP contribution is -2.03. The Bertz CT molecular complexity index is 170. The molecule has 0 radical (unpaired) electrons. The Balaban J connectivity index is 2.38. The normalized spacial score (nSPS) is 8.89. The number of hydrogen-bond donors (Lipinski definition) is 2. The van der Waals surface area contributed by atoms with Gasteiger partial charge in [0.15, 0.2) is 0 Å². The van der Waals surface area contributed by atoms with Gasteiger partial charge >= 0.3 is 0 Å². The van der Waals surface area contributed by atoms with Crippen molar-refractivity contribution in [3.05, 3.63) is 0 Å². The van der Waals surface area contributed by atoms with E-state index in [1.54, 1.807) is 0 Å². The fourth-order valence-electron chi connectivity index (χ4n) is 0.370. The van der Waals surface area contributed by atoms with Crippen molar-refractivity contribution in [2.45, 2.75) is 0 Å². The highest BCUT2D eigenvalue weighted by molar-refractivity contribution is 5.56. The molecule has 0 amide bonds. The Labute approximate surface area is 50.6 Å². The summed E-state index contributed by atoms with van der Waals surface area (Å²) in [6, 6.07) is 0. The summed E-state index contributed by atoms with van der Waals surface area (Å²) in [6.45, 7) is 0.208. The summed E-state index contributed by atoms with van der Waals surface area (Å²) in [5.41, 5.74) is 0. The predicted molar refractivity (Wildman–Crippen MR) is 28.7 cm³/mol. The second-order valence-corrected chi connectivity index (χ2v) is 1.28. The third kappa shape index (κ3) is 1.48. The fourth-order valence-corrected chi connectivity index (χ4v) is 0.370. The Morgan fingerprint density at radius 3 is 3.22 bits per heavy atom. The van der Waals surface area contributed by atoms with Gasteiger partial charge in [0.2, 0.25) is 0 Å². The molecule has 0 saturated carbocycles. The summed E-state index contributed by atoms with van der Waals surface area (Å²) in [6.07, 6.45) is 0.719. The number of rotatable bonds is 3. The van der Waals surface area contributed by atoms with E-state index in [0.717, 1.165) is 6.29 Å². The number of carbonyl (C=O) groups is 1. The first-order valence-corrected chi connectivity index (χ1v) is 2.34. The zero-order chi connectivity index (χ0) is 6.53. The molecule has 1 aromatic heterocycles. The van der Waals surface area contributed by atoms with Crippen molar-refractivity contribution in [3.63, 3.8) is 0 Å². The van der Waals surface area contributed by atoms with Crippen molar-refractivity contribution in [1.82, 2.24) is 20.6 Å². The Morgan fingerprint density at radius 1 is 1.78 bits per heavy atom. The molecule has 0 aliphatic rings. The van der Waals surface area contributed by atoms with Crippen LogP contribution >= 0.6 is 0 Å². The first-order valence-electron chi connectivity index (χ1n) is 2.34. The number of hydrogen-bond acceptors (Lipinski definition) is 5. The molecule has 1 heterocycles. The molecule has 0 bridgehead atoms. The van der Waals surface area contributed by atoms with Crippen molar-refractivity contribution in [3.8, 4) is 0 Å². The molecule has 0 atom stereocenters. The lowest BCUT2D eigenvalue weighted by atomic mass is 10.7. The van der Waals surface area contributed by atoms with Crippen LogP contribution in [-0.4, -0.2) is 33.5 Å². The number of carbonyl (C=O) groups excluding carboxylic acids is 1. The van der Waals surface area contributed by atoms with Gasteiger partial charge in [-0.05, 0) is 5.21 Å². The van der Waals surface area contributed by atoms with Crippen LogP contribution in [0.3, 0.4) is 0 Å². The summed E-state index contributed by atoms with van der Waals surface area (Å²) >= 11 is 0. The molecule has 0 saturated heterocycles.